The van der Waals surface area contributed by atoms with E-state index in [1.54, 1.807) is 42.5 Å². The van der Waals surface area contributed by atoms with Gasteiger partial charge in [-0.15, -0.1) is 0 Å². The van der Waals surface area contributed by atoms with Crippen LogP contribution in [0.3, 0.4) is 0 Å². The van der Waals surface area contributed by atoms with Crippen LogP contribution in [0.25, 0.3) is 0 Å². The number of nitrogens with one attached hydrogen (secondary N) is 3. The summed E-state index contributed by atoms with van der Waals surface area (Å²) in [4.78, 5) is 40.9. The number of aliphatic carboxylic acids is 1. The lowest BCUT2D eigenvalue weighted by Gasteiger charge is -2.17. The number of hydrogen-bond donors (Lipinski definition) is 4. The van der Waals surface area contributed by atoms with Gasteiger partial charge in [-0.2, -0.15) is 0 Å². The minimum absolute atomic E-state index is 0.00537. The maximum absolute atomic E-state index is 13.2. The molecule has 1 atom stereocenters. The van der Waals surface area contributed by atoms with Gasteiger partial charge in [0.25, 0.3) is 5.91 Å². The number of hydrogen-bond acceptors (Lipinski definition) is 6. The second-order valence-corrected chi connectivity index (χ2v) is 11.9. The number of urea groups is 1. The van der Waals surface area contributed by atoms with Gasteiger partial charge in [0.2, 0.25) is 9.84 Å². The van der Waals surface area contributed by atoms with Crippen molar-refractivity contribution in [1.82, 2.24) is 10.3 Å². The van der Waals surface area contributed by atoms with E-state index in [0.717, 1.165) is 0 Å². The van der Waals surface area contributed by atoms with E-state index in [0.29, 0.717) is 11.3 Å². The lowest BCUT2D eigenvalue weighted by Crippen LogP contribution is -2.44. The maximum Gasteiger partial charge on any atom is 0.326 e. The lowest BCUT2D eigenvalue weighted by atomic mass is 10.1. The van der Waals surface area contributed by atoms with Crippen molar-refractivity contribution in [2.75, 3.05) is 10.6 Å². The monoisotopic (exact) mass is 646 g/mol. The van der Waals surface area contributed by atoms with Gasteiger partial charge in [-0.25, -0.2) is 18.0 Å². The van der Waals surface area contributed by atoms with Gasteiger partial charge in [-0.05, 0) is 48.0 Å². The van der Waals surface area contributed by atoms with Crippen molar-refractivity contribution in [2.24, 2.45) is 0 Å². The lowest BCUT2D eigenvalue weighted by molar-refractivity contribution is -0.139. The highest BCUT2D eigenvalue weighted by Crippen LogP contribution is 2.30. The molecule has 0 aliphatic carbocycles. The average Bonchev–Trinajstić information content (AvgIpc) is 2.94. The van der Waals surface area contributed by atoms with Gasteiger partial charge in [0, 0.05) is 29.5 Å². The molecule has 1 aromatic heterocycles. The molecule has 14 heteroatoms. The van der Waals surface area contributed by atoms with Crippen LogP contribution in [-0.4, -0.2) is 42.5 Å². The van der Waals surface area contributed by atoms with Crippen LogP contribution in [0.4, 0.5) is 16.2 Å². The largest absolute Gasteiger partial charge is 0.480 e. The summed E-state index contributed by atoms with van der Waals surface area (Å²) >= 11 is 18.1. The highest BCUT2D eigenvalue weighted by Gasteiger charge is 2.25. The normalized spacial score (nSPS) is 11.8. The summed E-state index contributed by atoms with van der Waals surface area (Å²) in [6.45, 7) is 0. The first kappa shape index (κ1) is 30.8. The number of carbonyl (C=O) groups is 3. The Labute approximate surface area is 255 Å². The first-order valence-corrected chi connectivity index (χ1v) is 14.7. The Balaban J connectivity index is 1.45. The molecule has 4 aromatic rings. The summed E-state index contributed by atoms with van der Waals surface area (Å²) < 4.78 is 26.4. The fourth-order valence-electron chi connectivity index (χ4n) is 3.86. The smallest absolute Gasteiger partial charge is 0.326 e. The van der Waals surface area contributed by atoms with E-state index in [1.165, 1.54) is 42.7 Å². The molecule has 0 aliphatic heterocycles. The predicted octanol–water partition coefficient (Wildman–Crippen LogP) is 5.94. The van der Waals surface area contributed by atoms with Crippen molar-refractivity contribution in [3.63, 3.8) is 0 Å². The van der Waals surface area contributed by atoms with Gasteiger partial charge in [0.1, 0.15) is 6.04 Å². The number of rotatable bonds is 9. The fraction of sp³-hybridized carbons (Fsp3) is 0.0714. The van der Waals surface area contributed by atoms with Gasteiger partial charge < -0.3 is 21.1 Å². The SMILES string of the molecule is O=C(Nc1cc(Cl)ccc1S(=O)(=O)c1ccccc1)NC(Cc1ccc(NC(=O)c2c(Cl)cncc2Cl)cc1)C(=O)O. The number of carbonyl (C=O) groups excluding carboxylic acids is 2. The van der Waals surface area contributed by atoms with Gasteiger partial charge in [0.15, 0.2) is 0 Å². The van der Waals surface area contributed by atoms with Gasteiger partial charge in [-0.3, -0.25) is 9.78 Å². The fourth-order valence-corrected chi connectivity index (χ4v) is 5.98. The summed E-state index contributed by atoms with van der Waals surface area (Å²) in [5.41, 5.74) is 0.842. The van der Waals surface area contributed by atoms with Crippen LogP contribution in [0.5, 0.6) is 0 Å². The number of amides is 3. The van der Waals surface area contributed by atoms with E-state index in [4.69, 9.17) is 34.8 Å². The van der Waals surface area contributed by atoms with Crippen LogP contribution < -0.4 is 16.0 Å². The third-order valence-corrected chi connectivity index (χ3v) is 8.50. The molecule has 0 spiro atoms. The Hall–Kier alpha value is -4.16. The van der Waals surface area contributed by atoms with Crippen LogP contribution in [0.15, 0.2) is 95.0 Å². The number of aromatic nitrogens is 1. The summed E-state index contributed by atoms with van der Waals surface area (Å²) in [6, 6.07) is 15.4. The second kappa shape index (κ2) is 13.2. The van der Waals surface area contributed by atoms with Crippen molar-refractivity contribution in [1.29, 1.82) is 0 Å². The number of pyridine rings is 1. The number of nitrogens with zero attached hydrogens (tertiary/aromatic N) is 1. The Bertz CT molecular complexity index is 1730. The Morgan fingerprint density at radius 3 is 2.12 bits per heavy atom. The average molecular weight is 648 g/mol. The summed E-state index contributed by atoms with van der Waals surface area (Å²) in [5, 5.41) is 17.4. The molecule has 3 aromatic carbocycles. The van der Waals surface area contributed by atoms with E-state index >= 15 is 0 Å². The van der Waals surface area contributed by atoms with Gasteiger partial charge in [0.05, 0.1) is 31.1 Å². The summed E-state index contributed by atoms with van der Waals surface area (Å²) in [7, 11) is -4.03. The third kappa shape index (κ3) is 7.37. The molecule has 0 bridgehead atoms. The first-order chi connectivity index (χ1) is 20.0. The molecule has 42 heavy (non-hydrogen) atoms. The number of halogens is 3. The molecule has 10 nitrogen and oxygen atoms in total. The number of benzene rings is 3. The molecule has 0 saturated carbocycles. The minimum atomic E-state index is -4.03. The maximum atomic E-state index is 13.2. The van der Waals surface area contributed by atoms with Crippen LogP contribution in [0, 0.1) is 0 Å². The standard InChI is InChI=1S/C28H21Cl3N4O6S/c29-17-8-11-24(42(40,41)19-4-2-1-3-5-19)22(13-17)34-28(39)35-23(27(37)38)12-16-6-9-18(10-7-16)33-26(36)25-20(30)14-32-15-21(25)31/h1-11,13-15,23H,12H2,(H,33,36)(H,37,38)(H2,34,35,39). The molecule has 0 radical (unpaired) electrons. The summed E-state index contributed by atoms with van der Waals surface area (Å²) in [6.07, 6.45) is 2.45. The van der Waals surface area contributed by atoms with Gasteiger partial charge in [-0.1, -0.05) is 65.1 Å². The van der Waals surface area contributed by atoms with E-state index in [2.05, 4.69) is 20.9 Å². The van der Waals surface area contributed by atoms with Crippen LogP contribution in [0.1, 0.15) is 15.9 Å². The molecule has 1 heterocycles. The highest BCUT2D eigenvalue weighted by atomic mass is 35.5. The van der Waals surface area contributed by atoms with E-state index in [1.807, 2.05) is 0 Å². The highest BCUT2D eigenvalue weighted by molar-refractivity contribution is 7.91. The Morgan fingerprint density at radius 2 is 1.50 bits per heavy atom. The summed E-state index contributed by atoms with van der Waals surface area (Å²) in [5.74, 6) is -1.88. The molecule has 0 fully saturated rings. The van der Waals surface area contributed by atoms with Crippen molar-refractivity contribution in [3.8, 4) is 0 Å². The van der Waals surface area contributed by atoms with Crippen LogP contribution >= 0.6 is 34.8 Å². The minimum Gasteiger partial charge on any atom is -0.480 e. The van der Waals surface area contributed by atoms with Crippen molar-refractivity contribution < 1.29 is 27.9 Å². The molecular formula is C28H21Cl3N4O6S. The second-order valence-electron chi connectivity index (χ2n) is 8.78. The van der Waals surface area contributed by atoms with Crippen molar-refractivity contribution in [3.05, 3.63) is 111 Å². The zero-order valence-electron chi connectivity index (χ0n) is 21.3. The molecule has 3 amide bonds. The number of carboxylic acids is 1. The zero-order chi connectivity index (χ0) is 30.4. The van der Waals surface area contributed by atoms with Crippen LogP contribution in [-0.2, 0) is 21.1 Å². The Kier molecular flexibility index (Phi) is 9.69. The molecule has 4 rings (SSSR count). The Morgan fingerprint density at radius 1 is 0.857 bits per heavy atom. The van der Waals surface area contributed by atoms with Gasteiger partial charge >= 0.3 is 12.0 Å². The van der Waals surface area contributed by atoms with E-state index in [-0.39, 0.29) is 42.5 Å². The third-order valence-electron chi connectivity index (χ3n) is 5.87. The zero-order valence-corrected chi connectivity index (χ0v) is 24.4. The molecule has 216 valence electrons. The van der Waals surface area contributed by atoms with Crippen molar-refractivity contribution >= 4 is 73.9 Å². The molecule has 1 unspecified atom stereocenters. The van der Waals surface area contributed by atoms with Crippen LogP contribution in [0.2, 0.25) is 15.1 Å². The molecule has 0 saturated heterocycles. The number of sulfone groups is 1. The topological polar surface area (TPSA) is 155 Å². The predicted molar refractivity (Wildman–Crippen MR) is 159 cm³/mol. The molecule has 0 aliphatic rings. The molecular weight excluding hydrogens is 627 g/mol. The molecule has 4 N–H and O–H groups in total. The van der Waals surface area contributed by atoms with Crippen molar-refractivity contribution in [2.45, 2.75) is 22.3 Å². The van der Waals surface area contributed by atoms with E-state index in [9.17, 15) is 27.9 Å². The number of carboxylic acid groups (broad SMARTS) is 1. The van der Waals surface area contributed by atoms with E-state index < -0.39 is 33.8 Å². The number of anilines is 2. The quantitative estimate of drug-likeness (QED) is 0.175. The first-order valence-electron chi connectivity index (χ1n) is 12.0.